The van der Waals surface area contributed by atoms with Crippen molar-refractivity contribution in [2.75, 3.05) is 6.54 Å². The third-order valence-electron chi connectivity index (χ3n) is 1.98. The van der Waals surface area contributed by atoms with Crippen LogP contribution in [0, 0.1) is 12.3 Å². The Hall–Kier alpha value is -1.33. The van der Waals surface area contributed by atoms with E-state index in [4.69, 9.17) is 6.42 Å². The Bertz CT molecular complexity index is 274. The number of nitrogens with zero attached hydrogens (tertiary/aromatic N) is 1. The Kier molecular flexibility index (Phi) is 5.46. The minimum absolute atomic E-state index is 0.884. The van der Waals surface area contributed by atoms with Crippen LogP contribution in [0.5, 0.6) is 0 Å². The molecule has 14 heavy (non-hydrogen) atoms. The van der Waals surface area contributed by atoms with Crippen LogP contribution in [0.2, 0.25) is 0 Å². The molecule has 0 saturated carbocycles. The van der Waals surface area contributed by atoms with Crippen LogP contribution < -0.4 is 5.32 Å². The summed E-state index contributed by atoms with van der Waals surface area (Å²) in [6.07, 6.45) is 12.0. The maximum atomic E-state index is 5.16. The Balaban J connectivity index is 2.03. The van der Waals surface area contributed by atoms with Crippen LogP contribution in [-0.4, -0.2) is 11.5 Å². The minimum Gasteiger partial charge on any atom is -0.313 e. The van der Waals surface area contributed by atoms with Crippen LogP contribution in [0.4, 0.5) is 0 Å². The van der Waals surface area contributed by atoms with Crippen molar-refractivity contribution in [2.45, 2.75) is 25.8 Å². The van der Waals surface area contributed by atoms with Gasteiger partial charge >= 0.3 is 0 Å². The highest BCUT2D eigenvalue weighted by Gasteiger charge is 1.90. The molecule has 0 aromatic carbocycles. The number of unbranched alkanes of at least 4 members (excludes halogenated alkanes) is 2. The molecular formula is C12H16N2. The summed E-state index contributed by atoms with van der Waals surface area (Å²) < 4.78 is 0. The molecule has 0 aliphatic heterocycles. The molecule has 1 N–H and O–H groups in total. The molecule has 1 aromatic heterocycles. The highest BCUT2D eigenvalue weighted by molar-refractivity contribution is 5.07. The van der Waals surface area contributed by atoms with Crippen LogP contribution in [0.25, 0.3) is 0 Å². The molecule has 1 heterocycles. The number of hydrogen-bond acceptors (Lipinski definition) is 2. The van der Waals surface area contributed by atoms with Crippen molar-refractivity contribution >= 4 is 0 Å². The number of nitrogens with one attached hydrogen (secondary N) is 1. The Morgan fingerprint density at radius 3 is 3.07 bits per heavy atom. The number of hydrogen-bond donors (Lipinski definition) is 1. The van der Waals surface area contributed by atoms with Crippen LogP contribution in [0.3, 0.4) is 0 Å². The molecule has 0 bridgehead atoms. The lowest BCUT2D eigenvalue weighted by molar-refractivity contribution is 0.629. The van der Waals surface area contributed by atoms with Crippen LogP contribution in [0.1, 0.15) is 24.8 Å². The molecular weight excluding hydrogens is 172 g/mol. The predicted octanol–water partition coefficient (Wildman–Crippen LogP) is 1.97. The SMILES string of the molecule is C#CCCCCNCc1cccnc1. The molecule has 0 amide bonds. The van der Waals surface area contributed by atoms with Crippen molar-refractivity contribution in [3.8, 4) is 12.3 Å². The largest absolute Gasteiger partial charge is 0.313 e. The van der Waals surface area contributed by atoms with E-state index in [1.807, 2.05) is 12.3 Å². The van der Waals surface area contributed by atoms with Gasteiger partial charge < -0.3 is 5.32 Å². The zero-order valence-electron chi connectivity index (χ0n) is 8.37. The van der Waals surface area contributed by atoms with Gasteiger partial charge in [0.1, 0.15) is 0 Å². The van der Waals surface area contributed by atoms with Crippen molar-refractivity contribution < 1.29 is 0 Å². The second-order valence-corrected chi connectivity index (χ2v) is 3.20. The highest BCUT2D eigenvalue weighted by atomic mass is 14.8. The van der Waals surface area contributed by atoms with E-state index in [1.54, 1.807) is 6.20 Å². The van der Waals surface area contributed by atoms with Crippen molar-refractivity contribution in [1.29, 1.82) is 0 Å². The lowest BCUT2D eigenvalue weighted by Crippen LogP contribution is -2.14. The van der Waals surface area contributed by atoms with Crippen LogP contribution in [-0.2, 0) is 6.54 Å². The summed E-state index contributed by atoms with van der Waals surface area (Å²) in [4.78, 5) is 4.05. The summed E-state index contributed by atoms with van der Waals surface area (Å²) in [6, 6.07) is 4.02. The first kappa shape index (κ1) is 10.7. The van der Waals surface area contributed by atoms with E-state index >= 15 is 0 Å². The maximum Gasteiger partial charge on any atom is 0.0312 e. The predicted molar refractivity (Wildman–Crippen MR) is 58.6 cm³/mol. The van der Waals surface area contributed by atoms with Crippen molar-refractivity contribution in [3.63, 3.8) is 0 Å². The van der Waals surface area contributed by atoms with Gasteiger partial charge in [0, 0.05) is 25.4 Å². The third-order valence-corrected chi connectivity index (χ3v) is 1.98. The fourth-order valence-corrected chi connectivity index (χ4v) is 1.21. The van der Waals surface area contributed by atoms with E-state index in [-0.39, 0.29) is 0 Å². The summed E-state index contributed by atoms with van der Waals surface area (Å²) in [5.74, 6) is 2.64. The topological polar surface area (TPSA) is 24.9 Å². The van der Waals surface area contributed by atoms with E-state index in [2.05, 4.69) is 22.3 Å². The third kappa shape index (κ3) is 4.64. The zero-order valence-corrected chi connectivity index (χ0v) is 8.37. The van der Waals surface area contributed by atoms with E-state index in [1.165, 1.54) is 5.56 Å². The number of aromatic nitrogens is 1. The molecule has 0 radical (unpaired) electrons. The molecule has 1 rings (SSSR count). The lowest BCUT2D eigenvalue weighted by Gasteiger charge is -2.02. The zero-order chi connectivity index (χ0) is 10.1. The first-order valence-electron chi connectivity index (χ1n) is 4.96. The van der Waals surface area contributed by atoms with E-state index < -0.39 is 0 Å². The summed E-state index contributed by atoms with van der Waals surface area (Å²) in [6.45, 7) is 1.92. The minimum atomic E-state index is 0.884. The fourth-order valence-electron chi connectivity index (χ4n) is 1.21. The summed E-state index contributed by atoms with van der Waals surface area (Å²) >= 11 is 0. The second kappa shape index (κ2) is 7.11. The van der Waals surface area contributed by atoms with Crippen LogP contribution in [0.15, 0.2) is 24.5 Å². The number of rotatable bonds is 6. The monoisotopic (exact) mass is 188 g/mol. The first-order chi connectivity index (χ1) is 6.93. The second-order valence-electron chi connectivity index (χ2n) is 3.20. The summed E-state index contributed by atoms with van der Waals surface area (Å²) in [5.41, 5.74) is 1.23. The molecule has 0 aliphatic rings. The van der Waals surface area contributed by atoms with Gasteiger partial charge in [-0.1, -0.05) is 6.07 Å². The van der Waals surface area contributed by atoms with E-state index in [0.717, 1.165) is 32.4 Å². The molecule has 0 fully saturated rings. The average molecular weight is 188 g/mol. The molecule has 0 atom stereocenters. The quantitative estimate of drug-likeness (QED) is 0.545. The Labute approximate surface area is 85.8 Å². The van der Waals surface area contributed by atoms with Gasteiger partial charge in [0.05, 0.1) is 0 Å². The molecule has 0 unspecified atom stereocenters. The standard InChI is InChI=1S/C12H16N2/c1-2-3-4-5-8-13-10-12-7-6-9-14-11-12/h1,6-7,9,11,13H,3-5,8,10H2. The Morgan fingerprint density at radius 1 is 1.43 bits per heavy atom. The van der Waals surface area contributed by atoms with Gasteiger partial charge in [-0.25, -0.2) is 0 Å². The Morgan fingerprint density at radius 2 is 2.36 bits per heavy atom. The highest BCUT2D eigenvalue weighted by Crippen LogP contribution is 1.95. The molecule has 1 aromatic rings. The number of pyridine rings is 1. The lowest BCUT2D eigenvalue weighted by atomic mass is 10.2. The maximum absolute atomic E-state index is 5.16. The van der Waals surface area contributed by atoms with Gasteiger partial charge in [-0.05, 0) is 31.0 Å². The first-order valence-corrected chi connectivity index (χ1v) is 4.96. The van der Waals surface area contributed by atoms with Crippen LogP contribution >= 0.6 is 0 Å². The summed E-state index contributed by atoms with van der Waals surface area (Å²) in [5, 5.41) is 3.35. The molecule has 2 nitrogen and oxygen atoms in total. The van der Waals surface area contributed by atoms with Gasteiger partial charge in [-0.2, -0.15) is 0 Å². The van der Waals surface area contributed by atoms with Gasteiger partial charge in [-0.15, -0.1) is 12.3 Å². The van der Waals surface area contributed by atoms with Gasteiger partial charge in [0.15, 0.2) is 0 Å². The van der Waals surface area contributed by atoms with Gasteiger partial charge in [-0.3, -0.25) is 4.98 Å². The summed E-state index contributed by atoms with van der Waals surface area (Å²) in [7, 11) is 0. The number of terminal acetylenes is 1. The normalized spacial score (nSPS) is 9.64. The molecule has 0 aliphatic carbocycles. The van der Waals surface area contributed by atoms with E-state index in [9.17, 15) is 0 Å². The van der Waals surface area contributed by atoms with Crippen molar-refractivity contribution in [1.82, 2.24) is 10.3 Å². The smallest absolute Gasteiger partial charge is 0.0312 e. The average Bonchev–Trinajstić information content (AvgIpc) is 2.25. The molecule has 0 spiro atoms. The fraction of sp³-hybridized carbons (Fsp3) is 0.417. The molecule has 2 heteroatoms. The van der Waals surface area contributed by atoms with Gasteiger partial charge in [0.25, 0.3) is 0 Å². The van der Waals surface area contributed by atoms with E-state index in [0.29, 0.717) is 0 Å². The molecule has 74 valence electrons. The van der Waals surface area contributed by atoms with Crippen molar-refractivity contribution in [3.05, 3.63) is 30.1 Å². The molecule has 0 saturated heterocycles. The van der Waals surface area contributed by atoms with Crippen molar-refractivity contribution in [2.24, 2.45) is 0 Å². The van der Waals surface area contributed by atoms with Gasteiger partial charge in [0.2, 0.25) is 0 Å².